The fourth-order valence-electron chi connectivity index (χ4n) is 4.44. The van der Waals surface area contributed by atoms with E-state index in [0.29, 0.717) is 53.8 Å². The van der Waals surface area contributed by atoms with Crippen molar-refractivity contribution in [1.29, 1.82) is 5.41 Å². The second-order valence-corrected chi connectivity index (χ2v) is 9.74. The smallest absolute Gasteiger partial charge is 0.236 e. The zero-order chi connectivity index (χ0) is 28.5. The van der Waals surface area contributed by atoms with E-state index < -0.39 is 0 Å². The second kappa shape index (κ2) is 13.6. The molecule has 1 fully saturated rings. The summed E-state index contributed by atoms with van der Waals surface area (Å²) in [6, 6.07) is 11.1. The molecule has 2 aromatic carbocycles. The van der Waals surface area contributed by atoms with Crippen LogP contribution >= 0.6 is 0 Å². The van der Waals surface area contributed by atoms with Crippen LogP contribution in [0, 0.1) is 5.41 Å². The van der Waals surface area contributed by atoms with Crippen molar-refractivity contribution >= 4 is 23.1 Å². The zero-order valence-electron chi connectivity index (χ0n) is 23.4. The molecule has 0 aliphatic carbocycles. The third-order valence-electron chi connectivity index (χ3n) is 6.50. The number of ether oxygens (including phenoxy) is 3. The lowest BCUT2D eigenvalue weighted by atomic mass is 10.1. The summed E-state index contributed by atoms with van der Waals surface area (Å²) >= 11 is 0. The standard InChI is InChI=1S/C29H37N7O4/c1-31-25-7-6-23(40-22-9-13-36(14-10-22)28(37)18-35(2)3)16-24(25)29(30)34-20-5-8-26(27(15-20)38-4)39-19-21-17-32-11-12-33-21/h5-8,11-12,15-17,22,31H,9-10,13-14,18-19H2,1-4H3,(H2,30,34). The molecule has 1 aromatic heterocycles. The van der Waals surface area contributed by atoms with E-state index in [4.69, 9.17) is 19.6 Å². The molecule has 0 saturated carbocycles. The topological polar surface area (TPSA) is 125 Å². The minimum absolute atomic E-state index is 0.0116. The Hall–Kier alpha value is -4.38. The second-order valence-electron chi connectivity index (χ2n) is 9.74. The number of nitrogens with zero attached hydrogens (tertiary/aromatic N) is 4. The molecule has 1 saturated heterocycles. The van der Waals surface area contributed by atoms with Crippen LogP contribution in [-0.2, 0) is 11.4 Å². The first-order valence-electron chi connectivity index (χ1n) is 13.2. The van der Waals surface area contributed by atoms with E-state index in [1.807, 2.05) is 55.2 Å². The lowest BCUT2D eigenvalue weighted by molar-refractivity contribution is -0.133. The van der Waals surface area contributed by atoms with Gasteiger partial charge in [-0.1, -0.05) is 0 Å². The van der Waals surface area contributed by atoms with Crippen molar-refractivity contribution in [3.05, 3.63) is 66.2 Å². The van der Waals surface area contributed by atoms with Crippen LogP contribution in [0.15, 0.2) is 55.0 Å². The normalized spacial score (nSPS) is 13.6. The van der Waals surface area contributed by atoms with Gasteiger partial charge in [0.15, 0.2) is 11.5 Å². The van der Waals surface area contributed by atoms with Crippen molar-refractivity contribution in [3.63, 3.8) is 0 Å². The van der Waals surface area contributed by atoms with Crippen LogP contribution in [0.1, 0.15) is 24.1 Å². The molecule has 11 heteroatoms. The number of amidine groups is 1. The van der Waals surface area contributed by atoms with Crippen LogP contribution in [0.4, 0.5) is 11.4 Å². The van der Waals surface area contributed by atoms with E-state index in [2.05, 4.69) is 20.6 Å². The van der Waals surface area contributed by atoms with Crippen LogP contribution in [0.25, 0.3) is 0 Å². The number of methoxy groups -OCH3 is 1. The lowest BCUT2D eigenvalue weighted by Crippen LogP contribution is -2.45. The largest absolute Gasteiger partial charge is 0.493 e. The van der Waals surface area contributed by atoms with E-state index in [1.54, 1.807) is 37.8 Å². The number of nitrogens with one attached hydrogen (secondary N) is 3. The highest BCUT2D eigenvalue weighted by Crippen LogP contribution is 2.32. The SMILES string of the molecule is CNc1ccc(OC2CCN(C(=O)CN(C)C)CC2)cc1C(=N)Nc1ccc(OCc2cnccn2)c(OC)c1. The average molecular weight is 548 g/mol. The molecule has 0 radical (unpaired) electrons. The Morgan fingerprint density at radius 3 is 2.60 bits per heavy atom. The molecule has 11 nitrogen and oxygen atoms in total. The van der Waals surface area contributed by atoms with Crippen LogP contribution < -0.4 is 24.8 Å². The maximum Gasteiger partial charge on any atom is 0.236 e. The molecule has 1 aliphatic rings. The van der Waals surface area contributed by atoms with Gasteiger partial charge in [-0.05, 0) is 44.4 Å². The Morgan fingerprint density at radius 1 is 1.12 bits per heavy atom. The van der Waals surface area contributed by atoms with E-state index in [-0.39, 0.29) is 24.5 Å². The minimum atomic E-state index is 0.0116. The molecule has 40 heavy (non-hydrogen) atoms. The highest BCUT2D eigenvalue weighted by atomic mass is 16.5. The minimum Gasteiger partial charge on any atom is -0.493 e. The molecule has 1 amide bonds. The highest BCUT2D eigenvalue weighted by Gasteiger charge is 2.24. The number of carbonyl (C=O) groups excluding carboxylic acids is 1. The van der Waals surface area contributed by atoms with Crippen molar-refractivity contribution in [3.8, 4) is 17.2 Å². The number of aromatic nitrogens is 2. The van der Waals surface area contributed by atoms with E-state index in [0.717, 1.165) is 18.5 Å². The Bertz CT molecular complexity index is 1290. The zero-order valence-corrected chi connectivity index (χ0v) is 23.4. The summed E-state index contributed by atoms with van der Waals surface area (Å²) in [5, 5.41) is 15.1. The first-order valence-corrected chi connectivity index (χ1v) is 13.2. The van der Waals surface area contributed by atoms with Crippen LogP contribution in [0.5, 0.6) is 17.2 Å². The molecule has 0 bridgehead atoms. The number of hydrogen-bond acceptors (Lipinski definition) is 9. The van der Waals surface area contributed by atoms with Crippen molar-refractivity contribution < 1.29 is 19.0 Å². The van der Waals surface area contributed by atoms with Crippen molar-refractivity contribution in [2.75, 3.05) is 58.5 Å². The van der Waals surface area contributed by atoms with E-state index in [9.17, 15) is 4.79 Å². The summed E-state index contributed by atoms with van der Waals surface area (Å²) in [6.07, 6.45) is 6.42. The first-order chi connectivity index (χ1) is 19.4. The Labute approximate surface area is 235 Å². The predicted molar refractivity (Wildman–Crippen MR) is 155 cm³/mol. The fourth-order valence-corrected chi connectivity index (χ4v) is 4.44. The molecule has 0 unspecified atom stereocenters. The van der Waals surface area contributed by atoms with Crippen molar-refractivity contribution in [2.45, 2.75) is 25.6 Å². The average Bonchev–Trinajstić information content (AvgIpc) is 2.97. The summed E-state index contributed by atoms with van der Waals surface area (Å²) in [4.78, 5) is 24.4. The highest BCUT2D eigenvalue weighted by molar-refractivity contribution is 6.10. The lowest BCUT2D eigenvalue weighted by Gasteiger charge is -2.33. The number of anilines is 2. The number of piperidine rings is 1. The summed E-state index contributed by atoms with van der Waals surface area (Å²) in [6.45, 7) is 2.03. The Morgan fingerprint density at radius 2 is 1.93 bits per heavy atom. The maximum atomic E-state index is 12.4. The monoisotopic (exact) mass is 547 g/mol. The molecule has 0 spiro atoms. The van der Waals surface area contributed by atoms with Crippen LogP contribution in [-0.4, -0.2) is 85.5 Å². The predicted octanol–water partition coefficient (Wildman–Crippen LogP) is 3.47. The number of amides is 1. The molecular weight excluding hydrogens is 510 g/mol. The summed E-state index contributed by atoms with van der Waals surface area (Å²) in [5.41, 5.74) is 2.85. The van der Waals surface area contributed by atoms with Gasteiger partial charge >= 0.3 is 0 Å². The van der Waals surface area contributed by atoms with Gasteiger partial charge in [0, 0.05) is 68.4 Å². The summed E-state index contributed by atoms with van der Waals surface area (Å²) in [7, 11) is 7.19. The van der Waals surface area contributed by atoms with Gasteiger partial charge < -0.3 is 34.6 Å². The Kier molecular flexibility index (Phi) is 9.74. The molecule has 212 valence electrons. The number of likely N-dealkylation sites (tertiary alicyclic amines) is 1. The van der Waals surface area contributed by atoms with Crippen molar-refractivity contribution in [2.24, 2.45) is 0 Å². The van der Waals surface area contributed by atoms with Crippen LogP contribution in [0.3, 0.4) is 0 Å². The van der Waals surface area contributed by atoms with Gasteiger partial charge in [-0.2, -0.15) is 0 Å². The molecule has 4 rings (SSSR count). The summed E-state index contributed by atoms with van der Waals surface area (Å²) in [5.74, 6) is 2.12. The number of rotatable bonds is 11. The quantitative estimate of drug-likeness (QED) is 0.244. The van der Waals surface area contributed by atoms with Gasteiger partial charge in [0.1, 0.15) is 24.3 Å². The Balaban J connectivity index is 1.39. The van der Waals surface area contributed by atoms with Gasteiger partial charge in [-0.3, -0.25) is 20.2 Å². The number of hydrogen-bond donors (Lipinski definition) is 3. The third kappa shape index (κ3) is 7.60. The number of likely N-dealkylation sites (N-methyl/N-ethyl adjacent to an activating group) is 1. The fraction of sp³-hybridized carbons (Fsp3) is 0.379. The van der Waals surface area contributed by atoms with E-state index >= 15 is 0 Å². The molecule has 2 heterocycles. The maximum absolute atomic E-state index is 12.4. The first kappa shape index (κ1) is 28.6. The molecule has 3 aromatic rings. The molecular formula is C29H37N7O4. The summed E-state index contributed by atoms with van der Waals surface area (Å²) < 4.78 is 17.7. The van der Waals surface area contributed by atoms with Gasteiger partial charge in [0.25, 0.3) is 0 Å². The van der Waals surface area contributed by atoms with Gasteiger partial charge in [-0.25, -0.2) is 0 Å². The molecule has 0 atom stereocenters. The van der Waals surface area contributed by atoms with Gasteiger partial charge in [0.05, 0.1) is 25.5 Å². The van der Waals surface area contributed by atoms with Gasteiger partial charge in [-0.15, -0.1) is 0 Å². The molecule has 3 N–H and O–H groups in total. The number of benzene rings is 2. The molecule has 1 aliphatic heterocycles. The van der Waals surface area contributed by atoms with Crippen LogP contribution in [0.2, 0.25) is 0 Å². The third-order valence-corrected chi connectivity index (χ3v) is 6.50. The number of carbonyl (C=O) groups is 1. The van der Waals surface area contributed by atoms with E-state index in [1.165, 1.54) is 0 Å². The van der Waals surface area contributed by atoms with Crippen molar-refractivity contribution in [1.82, 2.24) is 19.8 Å². The van der Waals surface area contributed by atoms with Gasteiger partial charge in [0.2, 0.25) is 5.91 Å².